The van der Waals surface area contributed by atoms with Gasteiger partial charge in [0.2, 0.25) is 0 Å². The number of hydrogen-bond acceptors (Lipinski definition) is 4. The summed E-state index contributed by atoms with van der Waals surface area (Å²) in [6.07, 6.45) is -4.49. The topological polar surface area (TPSA) is 53.8 Å². The molecule has 4 rings (SSSR count). The minimum atomic E-state index is -4.40. The van der Waals surface area contributed by atoms with E-state index >= 15 is 0 Å². The molecule has 2 atom stereocenters. The first-order valence-corrected chi connectivity index (χ1v) is 11.3. The SMILES string of the molecule is CCOc1ccc(C2=N[C@H](c3ccc(C(F)(F)F)cc3)N[C@H](c3cc(Br)ccc3O)C2)cc1. The molecule has 1 aliphatic rings. The predicted octanol–water partition coefficient (Wildman–Crippen LogP) is 6.79. The fraction of sp³-hybridized carbons (Fsp3) is 0.240. The standard InChI is InChI=1S/C25H22BrF3N2O2/c1-2-33-19-10-5-15(6-11-19)21-14-22(20-13-18(26)9-12-23(20)32)31-24(30-21)16-3-7-17(8-4-16)25(27,28)29/h3-13,22,24,31-32H,2,14H2,1H3/t22-,24-/m0/s1. The van der Waals surface area contributed by atoms with Gasteiger partial charge in [0, 0.05) is 28.2 Å². The summed E-state index contributed by atoms with van der Waals surface area (Å²) in [6, 6.07) is 17.4. The van der Waals surface area contributed by atoms with Gasteiger partial charge in [-0.3, -0.25) is 10.3 Å². The highest BCUT2D eigenvalue weighted by Crippen LogP contribution is 2.37. The second kappa shape index (κ2) is 9.57. The van der Waals surface area contributed by atoms with Crippen molar-refractivity contribution in [1.29, 1.82) is 0 Å². The Kier molecular flexibility index (Phi) is 6.76. The Labute approximate surface area is 198 Å². The third kappa shape index (κ3) is 5.39. The lowest BCUT2D eigenvalue weighted by Gasteiger charge is -2.31. The van der Waals surface area contributed by atoms with E-state index in [1.807, 2.05) is 37.3 Å². The van der Waals surface area contributed by atoms with E-state index in [-0.39, 0.29) is 11.8 Å². The highest BCUT2D eigenvalue weighted by atomic mass is 79.9. The molecule has 1 heterocycles. The van der Waals surface area contributed by atoms with E-state index in [2.05, 4.69) is 21.2 Å². The summed E-state index contributed by atoms with van der Waals surface area (Å²) in [4.78, 5) is 4.81. The van der Waals surface area contributed by atoms with Gasteiger partial charge in [-0.15, -0.1) is 0 Å². The van der Waals surface area contributed by atoms with E-state index in [4.69, 9.17) is 9.73 Å². The molecule has 172 valence electrons. The second-order valence-electron chi connectivity index (χ2n) is 7.68. The Morgan fingerprint density at radius 2 is 1.76 bits per heavy atom. The van der Waals surface area contributed by atoms with Crippen LogP contribution in [-0.4, -0.2) is 17.4 Å². The first-order chi connectivity index (χ1) is 15.7. The summed E-state index contributed by atoms with van der Waals surface area (Å²) in [5.74, 6) is 0.881. The van der Waals surface area contributed by atoms with Gasteiger partial charge in [-0.1, -0.05) is 28.1 Å². The number of nitrogens with zero attached hydrogens (tertiary/aromatic N) is 1. The number of phenols is 1. The van der Waals surface area contributed by atoms with Crippen molar-refractivity contribution in [2.75, 3.05) is 6.61 Å². The van der Waals surface area contributed by atoms with Crippen LogP contribution in [0.2, 0.25) is 0 Å². The lowest BCUT2D eigenvalue weighted by molar-refractivity contribution is -0.137. The van der Waals surface area contributed by atoms with Crippen molar-refractivity contribution < 1.29 is 23.0 Å². The molecule has 0 aliphatic carbocycles. The van der Waals surface area contributed by atoms with Crippen molar-refractivity contribution in [2.45, 2.75) is 31.7 Å². The molecular weight excluding hydrogens is 497 g/mol. The zero-order valence-corrected chi connectivity index (χ0v) is 19.3. The average Bonchev–Trinajstić information content (AvgIpc) is 2.80. The maximum absolute atomic E-state index is 13.0. The summed E-state index contributed by atoms with van der Waals surface area (Å²) in [6.45, 7) is 2.47. The molecule has 0 radical (unpaired) electrons. The first-order valence-electron chi connectivity index (χ1n) is 10.5. The van der Waals surface area contributed by atoms with Crippen LogP contribution in [0.5, 0.6) is 11.5 Å². The normalized spacial score (nSPS) is 18.6. The molecule has 0 fully saturated rings. The third-order valence-electron chi connectivity index (χ3n) is 5.46. The smallest absolute Gasteiger partial charge is 0.416 e. The Morgan fingerprint density at radius 3 is 2.39 bits per heavy atom. The van der Waals surface area contributed by atoms with Crippen LogP contribution >= 0.6 is 15.9 Å². The molecule has 0 bridgehead atoms. The van der Waals surface area contributed by atoms with E-state index in [1.54, 1.807) is 12.1 Å². The Bertz CT molecular complexity index is 1150. The van der Waals surface area contributed by atoms with E-state index in [0.29, 0.717) is 24.2 Å². The molecule has 8 heteroatoms. The van der Waals surface area contributed by atoms with Crippen molar-refractivity contribution in [3.63, 3.8) is 0 Å². The second-order valence-corrected chi connectivity index (χ2v) is 8.60. The largest absolute Gasteiger partial charge is 0.508 e. The van der Waals surface area contributed by atoms with Crippen LogP contribution in [0.1, 0.15) is 47.8 Å². The number of aliphatic imine (C=N–C) groups is 1. The number of phenolic OH excluding ortho intramolecular Hbond substituents is 1. The quantitative estimate of drug-likeness (QED) is 0.390. The molecule has 0 spiro atoms. The molecule has 0 aromatic heterocycles. The molecule has 33 heavy (non-hydrogen) atoms. The van der Waals surface area contributed by atoms with Crippen LogP contribution in [0, 0.1) is 0 Å². The molecular formula is C25H22BrF3N2O2. The zero-order chi connectivity index (χ0) is 23.6. The molecule has 0 saturated heterocycles. The van der Waals surface area contributed by atoms with Crippen molar-refractivity contribution in [3.05, 3.63) is 93.5 Å². The molecule has 3 aromatic carbocycles. The minimum absolute atomic E-state index is 0.134. The Morgan fingerprint density at radius 1 is 1.06 bits per heavy atom. The van der Waals surface area contributed by atoms with Gasteiger partial charge in [-0.2, -0.15) is 13.2 Å². The molecule has 0 saturated carbocycles. The van der Waals surface area contributed by atoms with Crippen LogP contribution in [0.3, 0.4) is 0 Å². The van der Waals surface area contributed by atoms with Gasteiger partial charge in [0.05, 0.1) is 12.2 Å². The molecule has 4 nitrogen and oxygen atoms in total. The van der Waals surface area contributed by atoms with E-state index in [0.717, 1.165) is 33.6 Å². The highest BCUT2D eigenvalue weighted by Gasteiger charge is 2.31. The van der Waals surface area contributed by atoms with Crippen LogP contribution in [0.15, 0.2) is 76.2 Å². The number of ether oxygens (including phenoxy) is 1. The van der Waals surface area contributed by atoms with Gasteiger partial charge in [0.25, 0.3) is 0 Å². The van der Waals surface area contributed by atoms with E-state index in [9.17, 15) is 18.3 Å². The molecule has 0 unspecified atom stereocenters. The molecule has 2 N–H and O–H groups in total. The van der Waals surface area contributed by atoms with Gasteiger partial charge in [-0.05, 0) is 72.6 Å². The van der Waals surface area contributed by atoms with E-state index < -0.39 is 17.9 Å². The fourth-order valence-electron chi connectivity index (χ4n) is 3.82. The number of halogens is 4. The average molecular weight is 519 g/mol. The maximum atomic E-state index is 13.0. The number of alkyl halides is 3. The molecule has 1 aliphatic heterocycles. The number of hydrogen-bond donors (Lipinski definition) is 2. The minimum Gasteiger partial charge on any atom is -0.508 e. The van der Waals surface area contributed by atoms with Crippen molar-refractivity contribution in [2.24, 2.45) is 4.99 Å². The van der Waals surface area contributed by atoms with Gasteiger partial charge < -0.3 is 9.84 Å². The fourth-order valence-corrected chi connectivity index (χ4v) is 4.20. The van der Waals surface area contributed by atoms with Crippen molar-refractivity contribution >= 4 is 21.6 Å². The van der Waals surface area contributed by atoms with Crippen LogP contribution in [0.4, 0.5) is 13.2 Å². The van der Waals surface area contributed by atoms with Crippen LogP contribution in [0.25, 0.3) is 0 Å². The first kappa shape index (κ1) is 23.3. The van der Waals surface area contributed by atoms with Crippen LogP contribution < -0.4 is 10.1 Å². The summed E-state index contributed by atoms with van der Waals surface area (Å²) >= 11 is 3.44. The van der Waals surface area contributed by atoms with Gasteiger partial charge in [-0.25, -0.2) is 0 Å². The lowest BCUT2D eigenvalue weighted by atomic mass is 9.93. The van der Waals surface area contributed by atoms with Gasteiger partial charge >= 0.3 is 6.18 Å². The third-order valence-corrected chi connectivity index (χ3v) is 5.95. The monoisotopic (exact) mass is 518 g/mol. The van der Waals surface area contributed by atoms with Gasteiger partial charge in [0.15, 0.2) is 0 Å². The number of aromatic hydroxyl groups is 1. The summed E-state index contributed by atoms with van der Waals surface area (Å²) in [5, 5.41) is 13.8. The van der Waals surface area contributed by atoms with Crippen LogP contribution in [-0.2, 0) is 6.18 Å². The Hall–Kier alpha value is -2.84. The summed E-state index contributed by atoms with van der Waals surface area (Å²) in [7, 11) is 0. The predicted molar refractivity (Wildman–Crippen MR) is 125 cm³/mol. The Balaban J connectivity index is 1.72. The van der Waals surface area contributed by atoms with Gasteiger partial charge in [0.1, 0.15) is 17.7 Å². The number of benzene rings is 3. The molecule has 0 amide bonds. The molecule has 3 aromatic rings. The summed E-state index contributed by atoms with van der Waals surface area (Å²) < 4.78 is 45.4. The number of nitrogens with one attached hydrogen (secondary N) is 1. The summed E-state index contributed by atoms with van der Waals surface area (Å²) in [5.41, 5.74) is 2.24. The van der Waals surface area contributed by atoms with Crippen molar-refractivity contribution in [1.82, 2.24) is 5.32 Å². The zero-order valence-electron chi connectivity index (χ0n) is 17.7. The lowest BCUT2D eigenvalue weighted by Crippen LogP contribution is -2.33. The van der Waals surface area contributed by atoms with E-state index in [1.165, 1.54) is 12.1 Å². The number of rotatable bonds is 5. The maximum Gasteiger partial charge on any atom is 0.416 e. The van der Waals surface area contributed by atoms with Crippen molar-refractivity contribution in [3.8, 4) is 11.5 Å². The highest BCUT2D eigenvalue weighted by molar-refractivity contribution is 9.10.